The van der Waals surface area contributed by atoms with E-state index in [1.54, 1.807) is 6.92 Å². The van der Waals surface area contributed by atoms with E-state index >= 15 is 0 Å². The van der Waals surface area contributed by atoms with Gasteiger partial charge in [0, 0.05) is 42.9 Å². The third-order valence-corrected chi connectivity index (χ3v) is 7.17. The summed E-state index contributed by atoms with van der Waals surface area (Å²) in [6.45, 7) is 7.93. The van der Waals surface area contributed by atoms with Crippen LogP contribution in [0.15, 0.2) is 11.4 Å². The van der Waals surface area contributed by atoms with Crippen LogP contribution in [0.1, 0.15) is 17.4 Å². The van der Waals surface area contributed by atoms with Crippen LogP contribution in [0, 0.1) is 18.8 Å². The van der Waals surface area contributed by atoms with E-state index < -0.39 is 10.0 Å². The zero-order chi connectivity index (χ0) is 15.7. The molecule has 0 aromatic carbocycles. The van der Waals surface area contributed by atoms with Gasteiger partial charge in [-0.2, -0.15) is 0 Å². The minimum absolute atomic E-state index is 0.137. The average Bonchev–Trinajstić information content (AvgIpc) is 3.15. The first-order chi connectivity index (χ1) is 10.5. The maximum Gasteiger partial charge on any atom is 0.211 e. The van der Waals surface area contributed by atoms with Crippen molar-refractivity contribution in [2.75, 3.05) is 32.0 Å². The summed E-state index contributed by atoms with van der Waals surface area (Å²) in [5, 5.41) is 2.14. The highest BCUT2D eigenvalue weighted by molar-refractivity contribution is 7.89. The van der Waals surface area contributed by atoms with Gasteiger partial charge >= 0.3 is 0 Å². The molecule has 1 aromatic heterocycles. The number of ether oxygens (including phenoxy) is 1. The molecule has 0 unspecified atom stereocenters. The summed E-state index contributed by atoms with van der Waals surface area (Å²) in [7, 11) is -3.11. The van der Waals surface area contributed by atoms with E-state index in [0.29, 0.717) is 25.0 Å². The van der Waals surface area contributed by atoms with Gasteiger partial charge in [-0.15, -0.1) is 11.3 Å². The van der Waals surface area contributed by atoms with Crippen molar-refractivity contribution in [3.63, 3.8) is 0 Å². The number of hydrogen-bond acceptors (Lipinski definition) is 5. The summed E-state index contributed by atoms with van der Waals surface area (Å²) in [6.07, 6.45) is 0.261. The molecule has 2 fully saturated rings. The number of rotatable bonds is 6. The Morgan fingerprint density at radius 2 is 2.27 bits per heavy atom. The molecule has 0 bridgehead atoms. The number of likely N-dealkylation sites (tertiary alicyclic amines) is 1. The van der Waals surface area contributed by atoms with Gasteiger partial charge in [-0.1, -0.05) is 0 Å². The third-order valence-electron chi connectivity index (χ3n) is 4.80. The van der Waals surface area contributed by atoms with E-state index in [2.05, 4.69) is 28.0 Å². The Balaban J connectivity index is 1.56. The van der Waals surface area contributed by atoms with Crippen LogP contribution in [0.2, 0.25) is 0 Å². The summed E-state index contributed by atoms with van der Waals surface area (Å²) in [4.78, 5) is 3.86. The van der Waals surface area contributed by atoms with Crippen LogP contribution in [-0.4, -0.2) is 51.4 Å². The van der Waals surface area contributed by atoms with Crippen LogP contribution in [0.5, 0.6) is 0 Å². The van der Waals surface area contributed by atoms with E-state index in [1.807, 2.05) is 11.3 Å². The molecule has 5 nitrogen and oxygen atoms in total. The Morgan fingerprint density at radius 1 is 1.45 bits per heavy atom. The van der Waals surface area contributed by atoms with Crippen molar-refractivity contribution in [1.29, 1.82) is 0 Å². The summed E-state index contributed by atoms with van der Waals surface area (Å²) < 4.78 is 31.8. The predicted octanol–water partition coefficient (Wildman–Crippen LogP) is 1.44. The minimum atomic E-state index is -3.11. The smallest absolute Gasteiger partial charge is 0.211 e. The number of thiophene rings is 1. The fraction of sp³-hybridized carbons (Fsp3) is 0.733. The number of nitrogens with one attached hydrogen (secondary N) is 1. The molecule has 2 aliphatic rings. The van der Waals surface area contributed by atoms with Crippen LogP contribution < -0.4 is 4.72 Å². The van der Waals surface area contributed by atoms with Gasteiger partial charge in [-0.3, -0.25) is 4.90 Å². The SMILES string of the molecule is CCS(=O)(=O)NC[C@@H]1CO[C@H]2CN(Cc3sccc3C)C[C@@H]12. The zero-order valence-corrected chi connectivity index (χ0v) is 14.8. The van der Waals surface area contributed by atoms with E-state index in [1.165, 1.54) is 10.4 Å². The van der Waals surface area contributed by atoms with E-state index in [9.17, 15) is 8.42 Å². The first-order valence-corrected chi connectivity index (χ1v) is 10.4. The highest BCUT2D eigenvalue weighted by atomic mass is 32.2. The topological polar surface area (TPSA) is 58.6 Å². The Labute approximate surface area is 136 Å². The second-order valence-electron chi connectivity index (χ2n) is 6.27. The lowest BCUT2D eigenvalue weighted by Crippen LogP contribution is -2.34. The molecule has 0 radical (unpaired) electrons. The number of sulfonamides is 1. The van der Waals surface area contributed by atoms with Crippen molar-refractivity contribution < 1.29 is 13.2 Å². The van der Waals surface area contributed by atoms with Crippen molar-refractivity contribution in [1.82, 2.24) is 9.62 Å². The van der Waals surface area contributed by atoms with Gasteiger partial charge in [0.15, 0.2) is 0 Å². The molecule has 3 atom stereocenters. The molecule has 1 N–H and O–H groups in total. The maximum atomic E-state index is 11.6. The first-order valence-electron chi connectivity index (χ1n) is 7.82. The molecule has 0 aliphatic carbocycles. The maximum absolute atomic E-state index is 11.6. The lowest BCUT2D eigenvalue weighted by molar-refractivity contribution is 0.0943. The van der Waals surface area contributed by atoms with E-state index in [0.717, 1.165) is 19.6 Å². The predicted molar refractivity (Wildman–Crippen MR) is 88.5 cm³/mol. The Morgan fingerprint density at radius 3 is 2.95 bits per heavy atom. The van der Waals surface area contributed by atoms with Crippen molar-refractivity contribution >= 4 is 21.4 Å². The van der Waals surface area contributed by atoms with Crippen LogP contribution in [0.25, 0.3) is 0 Å². The Kier molecular flexibility index (Phi) is 4.89. The molecule has 0 spiro atoms. The lowest BCUT2D eigenvalue weighted by atomic mass is 9.93. The molecule has 7 heteroatoms. The molecule has 0 amide bonds. The largest absolute Gasteiger partial charge is 0.376 e. The summed E-state index contributed by atoms with van der Waals surface area (Å²) in [6, 6.07) is 2.16. The highest BCUT2D eigenvalue weighted by Gasteiger charge is 2.43. The van der Waals surface area contributed by atoms with Crippen molar-refractivity contribution in [2.24, 2.45) is 11.8 Å². The van der Waals surface area contributed by atoms with Crippen LogP contribution >= 0.6 is 11.3 Å². The lowest BCUT2D eigenvalue weighted by Gasteiger charge is -2.19. The van der Waals surface area contributed by atoms with Gasteiger partial charge < -0.3 is 4.74 Å². The van der Waals surface area contributed by atoms with Gasteiger partial charge in [-0.05, 0) is 30.9 Å². The zero-order valence-electron chi connectivity index (χ0n) is 13.1. The number of fused-ring (bicyclic) bond motifs is 1. The van der Waals surface area contributed by atoms with E-state index in [4.69, 9.17) is 4.74 Å². The van der Waals surface area contributed by atoms with E-state index in [-0.39, 0.29) is 11.9 Å². The fourth-order valence-corrected chi connectivity index (χ4v) is 4.94. The molecular formula is C15H24N2O3S2. The van der Waals surface area contributed by atoms with Gasteiger partial charge in [-0.25, -0.2) is 13.1 Å². The first kappa shape index (κ1) is 16.4. The van der Waals surface area contributed by atoms with Crippen LogP contribution in [-0.2, 0) is 21.3 Å². The monoisotopic (exact) mass is 344 g/mol. The molecular weight excluding hydrogens is 320 g/mol. The molecule has 22 heavy (non-hydrogen) atoms. The van der Waals surface area contributed by atoms with Crippen molar-refractivity contribution in [2.45, 2.75) is 26.5 Å². The number of hydrogen-bond donors (Lipinski definition) is 1. The molecule has 3 rings (SSSR count). The summed E-state index contributed by atoms with van der Waals surface area (Å²) in [5.74, 6) is 0.874. The molecule has 2 saturated heterocycles. The average molecular weight is 345 g/mol. The highest BCUT2D eigenvalue weighted by Crippen LogP contribution is 2.34. The van der Waals surface area contributed by atoms with Gasteiger partial charge in [0.1, 0.15) is 0 Å². The summed E-state index contributed by atoms with van der Waals surface area (Å²) >= 11 is 1.81. The molecule has 2 aliphatic heterocycles. The normalized spacial score (nSPS) is 29.1. The summed E-state index contributed by atoms with van der Waals surface area (Å²) in [5.41, 5.74) is 1.36. The number of nitrogens with zero attached hydrogens (tertiary/aromatic N) is 1. The quantitative estimate of drug-likeness (QED) is 0.848. The van der Waals surface area contributed by atoms with Crippen molar-refractivity contribution in [3.05, 3.63) is 21.9 Å². The minimum Gasteiger partial charge on any atom is -0.376 e. The fourth-order valence-electron chi connectivity index (χ4n) is 3.32. The van der Waals surface area contributed by atoms with Crippen LogP contribution in [0.3, 0.4) is 0 Å². The molecule has 0 saturated carbocycles. The van der Waals surface area contributed by atoms with Crippen LogP contribution in [0.4, 0.5) is 0 Å². The third kappa shape index (κ3) is 3.54. The molecule has 124 valence electrons. The second kappa shape index (κ2) is 6.57. The van der Waals surface area contributed by atoms with Crippen molar-refractivity contribution in [3.8, 4) is 0 Å². The van der Waals surface area contributed by atoms with Gasteiger partial charge in [0.25, 0.3) is 0 Å². The second-order valence-corrected chi connectivity index (χ2v) is 9.36. The number of aryl methyl sites for hydroxylation is 1. The van der Waals surface area contributed by atoms with Gasteiger partial charge in [0.2, 0.25) is 10.0 Å². The molecule has 3 heterocycles. The standard InChI is InChI=1S/C15H24N2O3S2/c1-3-22(18,19)16-6-12-10-20-14-8-17(7-13(12)14)9-15-11(2)4-5-21-15/h4-5,12-14,16H,3,6-10H2,1-2H3/t12-,13+,14+/m1/s1. The Bertz CT molecular complexity index is 614. The molecule has 1 aromatic rings. The van der Waals surface area contributed by atoms with Gasteiger partial charge in [0.05, 0.1) is 18.5 Å². The Hall–Kier alpha value is -0.470.